The van der Waals surface area contributed by atoms with E-state index in [1.807, 2.05) is 19.9 Å². The van der Waals surface area contributed by atoms with Gasteiger partial charge >= 0.3 is 0 Å². The Morgan fingerprint density at radius 3 is 2.52 bits per heavy atom. The van der Waals surface area contributed by atoms with Crippen LogP contribution in [0, 0.1) is 17.2 Å². The second kappa shape index (κ2) is 11.1. The molecule has 0 saturated heterocycles. The first-order valence-electron chi connectivity index (χ1n) is 11.1. The summed E-state index contributed by atoms with van der Waals surface area (Å²) in [6.07, 6.45) is 7.21. The van der Waals surface area contributed by atoms with Gasteiger partial charge < -0.3 is 20.7 Å². The first-order valence-corrected chi connectivity index (χ1v) is 11.5. The highest BCUT2D eigenvalue weighted by atomic mass is 35.5. The van der Waals surface area contributed by atoms with Crippen molar-refractivity contribution in [3.63, 3.8) is 0 Å². The van der Waals surface area contributed by atoms with E-state index < -0.39 is 0 Å². The molecule has 0 unspecified atom stereocenters. The topological polar surface area (TPSA) is 120 Å². The number of nitrogens with zero attached hydrogens (tertiary/aromatic N) is 3. The number of nitriles is 1. The number of aromatic nitrogens is 2. The zero-order chi connectivity index (χ0) is 24.0. The molecule has 1 fully saturated rings. The molecule has 3 N–H and O–H groups in total. The molecule has 8 nitrogen and oxygen atoms in total. The molecule has 174 valence electrons. The first-order chi connectivity index (χ1) is 15.7. The zero-order valence-electron chi connectivity index (χ0n) is 19.1. The number of anilines is 3. The van der Waals surface area contributed by atoms with Crippen LogP contribution in [0.2, 0.25) is 5.02 Å². The highest BCUT2D eigenvalue weighted by Crippen LogP contribution is 2.29. The maximum atomic E-state index is 13.0. The Hall–Kier alpha value is -3.18. The Labute approximate surface area is 199 Å². The average Bonchev–Trinajstić information content (AvgIpc) is 2.76. The molecule has 0 aromatic carbocycles. The minimum absolute atomic E-state index is 0.0899. The Bertz CT molecular complexity index is 1060. The molecular weight excluding hydrogens is 440 g/mol. The fourth-order valence-electron chi connectivity index (χ4n) is 4.03. The van der Waals surface area contributed by atoms with E-state index in [0.717, 1.165) is 25.7 Å². The molecule has 0 aliphatic heterocycles. The minimum Gasteiger partial charge on any atom is -0.382 e. The van der Waals surface area contributed by atoms with Gasteiger partial charge in [-0.25, -0.2) is 9.97 Å². The van der Waals surface area contributed by atoms with Crippen molar-refractivity contribution in [2.45, 2.75) is 65.0 Å². The maximum absolute atomic E-state index is 13.0. The van der Waals surface area contributed by atoms with Crippen LogP contribution in [0.15, 0.2) is 24.5 Å². The maximum Gasteiger partial charge on any atom is 0.255 e. The van der Waals surface area contributed by atoms with Crippen molar-refractivity contribution in [2.24, 2.45) is 5.92 Å². The Balaban J connectivity index is 1.72. The fraction of sp³-hybridized carbons (Fsp3) is 0.458. The molecule has 9 heteroatoms. The second-order valence-electron chi connectivity index (χ2n) is 8.80. The Morgan fingerprint density at radius 2 is 1.91 bits per heavy atom. The molecule has 2 heterocycles. The highest BCUT2D eigenvalue weighted by Gasteiger charge is 2.24. The molecule has 0 atom stereocenters. The lowest BCUT2D eigenvalue weighted by Gasteiger charge is -2.29. The van der Waals surface area contributed by atoms with Crippen LogP contribution in [-0.2, 0) is 4.79 Å². The first kappa shape index (κ1) is 24.5. The predicted octanol–water partition coefficient (Wildman–Crippen LogP) is 4.83. The summed E-state index contributed by atoms with van der Waals surface area (Å²) in [5.41, 5.74) is 1.47. The van der Waals surface area contributed by atoms with Crippen molar-refractivity contribution < 1.29 is 9.59 Å². The van der Waals surface area contributed by atoms with Crippen molar-refractivity contribution in [1.82, 2.24) is 15.3 Å². The molecule has 33 heavy (non-hydrogen) atoms. The van der Waals surface area contributed by atoms with Crippen LogP contribution in [0.4, 0.5) is 17.3 Å². The van der Waals surface area contributed by atoms with Gasteiger partial charge in [-0.05, 0) is 58.4 Å². The molecular formula is C24H29ClN6O2. The van der Waals surface area contributed by atoms with Gasteiger partial charge in [-0.1, -0.05) is 11.6 Å². The number of rotatable bonds is 8. The van der Waals surface area contributed by atoms with Crippen molar-refractivity contribution >= 4 is 40.6 Å². The quantitative estimate of drug-likeness (QED) is 0.507. The van der Waals surface area contributed by atoms with Crippen LogP contribution in [0.1, 0.15) is 68.8 Å². The molecule has 1 amide bonds. The second-order valence-corrected chi connectivity index (χ2v) is 9.21. The summed E-state index contributed by atoms with van der Waals surface area (Å²) in [4.78, 5) is 32.9. The van der Waals surface area contributed by atoms with E-state index in [-0.39, 0.29) is 23.8 Å². The SMILES string of the molecule is CC(=O)CC1CCC(NC(=O)c2cnc(Nc3ncc(C#N)cc3Cl)cc2NC(C)C)CC1. The Morgan fingerprint density at radius 1 is 1.18 bits per heavy atom. The number of halogens is 1. The normalized spacial score (nSPS) is 17.8. The summed E-state index contributed by atoms with van der Waals surface area (Å²) in [7, 11) is 0. The molecule has 1 saturated carbocycles. The number of Topliss-reactive ketones (excluding diaryl/α,β-unsaturated/α-hetero) is 1. The van der Waals surface area contributed by atoms with Gasteiger partial charge in [-0.3, -0.25) is 4.79 Å². The third kappa shape index (κ3) is 6.90. The highest BCUT2D eigenvalue weighted by molar-refractivity contribution is 6.33. The lowest BCUT2D eigenvalue weighted by atomic mass is 9.83. The molecule has 1 aliphatic carbocycles. The largest absolute Gasteiger partial charge is 0.382 e. The third-order valence-corrected chi connectivity index (χ3v) is 5.86. The number of carbonyl (C=O) groups excluding carboxylic acids is 2. The van der Waals surface area contributed by atoms with Gasteiger partial charge in [0.25, 0.3) is 5.91 Å². The van der Waals surface area contributed by atoms with Crippen LogP contribution in [0.5, 0.6) is 0 Å². The number of carbonyl (C=O) groups is 2. The summed E-state index contributed by atoms with van der Waals surface area (Å²) < 4.78 is 0. The van der Waals surface area contributed by atoms with Gasteiger partial charge in [0.15, 0.2) is 0 Å². The van der Waals surface area contributed by atoms with Gasteiger partial charge in [0.1, 0.15) is 23.5 Å². The number of hydrogen-bond acceptors (Lipinski definition) is 7. The van der Waals surface area contributed by atoms with Crippen LogP contribution in [0.3, 0.4) is 0 Å². The zero-order valence-corrected chi connectivity index (χ0v) is 19.9. The average molecular weight is 469 g/mol. The van der Waals surface area contributed by atoms with Gasteiger partial charge in [0, 0.05) is 37.0 Å². The number of pyridine rings is 2. The van der Waals surface area contributed by atoms with Crippen LogP contribution in [-0.4, -0.2) is 33.7 Å². The molecule has 2 aromatic rings. The van der Waals surface area contributed by atoms with Crippen molar-refractivity contribution in [2.75, 3.05) is 10.6 Å². The summed E-state index contributed by atoms with van der Waals surface area (Å²) in [6.45, 7) is 5.61. The van der Waals surface area contributed by atoms with Crippen LogP contribution < -0.4 is 16.0 Å². The lowest BCUT2D eigenvalue weighted by molar-refractivity contribution is -0.118. The molecule has 3 rings (SSSR count). The monoisotopic (exact) mass is 468 g/mol. The van der Waals surface area contributed by atoms with Gasteiger partial charge in [-0.2, -0.15) is 5.26 Å². The fourth-order valence-corrected chi connectivity index (χ4v) is 4.24. The van der Waals surface area contributed by atoms with E-state index in [0.29, 0.717) is 45.8 Å². The number of hydrogen-bond donors (Lipinski definition) is 3. The lowest BCUT2D eigenvalue weighted by Crippen LogP contribution is -2.38. The molecule has 2 aromatic heterocycles. The summed E-state index contributed by atoms with van der Waals surface area (Å²) in [5, 5.41) is 18.7. The summed E-state index contributed by atoms with van der Waals surface area (Å²) in [6, 6.07) is 5.46. The van der Waals surface area contributed by atoms with Crippen LogP contribution >= 0.6 is 11.6 Å². The van der Waals surface area contributed by atoms with E-state index >= 15 is 0 Å². The predicted molar refractivity (Wildman–Crippen MR) is 129 cm³/mol. The van der Waals surface area contributed by atoms with Crippen molar-refractivity contribution in [3.8, 4) is 6.07 Å². The van der Waals surface area contributed by atoms with Crippen molar-refractivity contribution in [1.29, 1.82) is 5.26 Å². The molecule has 0 spiro atoms. The summed E-state index contributed by atoms with van der Waals surface area (Å²) >= 11 is 6.21. The third-order valence-electron chi connectivity index (χ3n) is 5.57. The van der Waals surface area contributed by atoms with Gasteiger partial charge in [-0.15, -0.1) is 0 Å². The number of nitrogens with one attached hydrogen (secondary N) is 3. The standard InChI is InChI=1S/C24H29ClN6O2/c1-14(2)29-21-10-22(31-23-20(25)9-17(11-26)12-28-23)27-13-19(21)24(33)30-18-6-4-16(5-7-18)8-15(3)32/h9-10,12-14,16,18H,4-8H2,1-3H3,(H,30,33)(H2,27,28,29,31). The smallest absolute Gasteiger partial charge is 0.255 e. The van der Waals surface area contributed by atoms with Gasteiger partial charge in [0.05, 0.1) is 21.8 Å². The van der Waals surface area contributed by atoms with Crippen molar-refractivity contribution in [3.05, 3.63) is 40.7 Å². The van der Waals surface area contributed by atoms with E-state index in [2.05, 4.69) is 25.9 Å². The minimum atomic E-state index is -0.179. The van der Waals surface area contributed by atoms with E-state index in [4.69, 9.17) is 16.9 Å². The Kier molecular flexibility index (Phi) is 8.23. The molecule has 0 radical (unpaired) electrons. The molecule has 0 bridgehead atoms. The van der Waals surface area contributed by atoms with Gasteiger partial charge in [0.2, 0.25) is 0 Å². The molecule has 1 aliphatic rings. The number of amides is 1. The van der Waals surface area contributed by atoms with E-state index in [1.54, 1.807) is 13.0 Å². The van der Waals surface area contributed by atoms with E-state index in [9.17, 15) is 9.59 Å². The van der Waals surface area contributed by atoms with E-state index in [1.165, 1.54) is 18.5 Å². The van der Waals surface area contributed by atoms with Crippen LogP contribution in [0.25, 0.3) is 0 Å². The summed E-state index contributed by atoms with van der Waals surface area (Å²) in [5.74, 6) is 1.31. The number of ketones is 1.